The van der Waals surface area contributed by atoms with Crippen LogP contribution in [0.4, 0.5) is 0 Å². The Hall–Kier alpha value is -7.16. The van der Waals surface area contributed by atoms with E-state index in [1.807, 2.05) is 80.6 Å². The Labute approximate surface area is 359 Å². The number of nitrogens with zero attached hydrogens (tertiary/aromatic N) is 2. The first-order valence-corrected chi connectivity index (χ1v) is 20.5. The summed E-state index contributed by atoms with van der Waals surface area (Å²) in [5.74, 6) is 0.619. The van der Waals surface area contributed by atoms with Gasteiger partial charge >= 0.3 is 0 Å². The van der Waals surface area contributed by atoms with Gasteiger partial charge in [0, 0.05) is 11.3 Å². The lowest BCUT2D eigenvalue weighted by atomic mass is 9.67. The minimum atomic E-state index is -0.400. The predicted octanol–water partition coefficient (Wildman–Crippen LogP) is 15.6. The van der Waals surface area contributed by atoms with Gasteiger partial charge in [0.25, 0.3) is 0 Å². The molecule has 7 rings (SSSR count). The number of hydrogen-bond acceptors (Lipinski definition) is 1. The standard InChI is InChI=1S/C40H34.C11H12N2.C7H10/c1-4-7-16-34(6-3)40(35-17-9-8-10-18-35)38-20-12-11-19-36(38)37-28-33(25-26-39(37)40)32-15-13-14-31(27-32)30-23-21-29(5-2)22-24-30;1-9(2)13-11(12-3)10-7-5-4-6-8-10;1-3-5-7-6-4-2/h4,6-28H,1,5H2,2-3H3;4-8H,1,3H2,2H3;3-7H,1H2,2H3/b16-7-,34-6+;;6-4-,7-5-. The normalized spacial score (nSPS) is 14.4. The molecule has 60 heavy (non-hydrogen) atoms. The van der Waals surface area contributed by atoms with E-state index in [0.717, 1.165) is 17.7 Å². The molecule has 1 atom stereocenters. The van der Waals surface area contributed by atoms with Crippen LogP contribution < -0.4 is 0 Å². The van der Waals surface area contributed by atoms with Gasteiger partial charge in [-0.15, -0.1) is 0 Å². The number of amidine groups is 1. The average Bonchev–Trinajstić information content (AvgIpc) is 3.60. The average molecular weight is 781 g/mol. The Balaban J connectivity index is 0.000000282. The quantitative estimate of drug-likeness (QED) is 0.0711. The van der Waals surface area contributed by atoms with Gasteiger partial charge in [-0.25, -0.2) is 9.98 Å². The number of fused-ring (bicyclic) bond motifs is 3. The summed E-state index contributed by atoms with van der Waals surface area (Å²) < 4.78 is 0. The lowest BCUT2D eigenvalue weighted by molar-refractivity contribution is 0.765. The maximum absolute atomic E-state index is 4.16. The Kier molecular flexibility index (Phi) is 16.2. The van der Waals surface area contributed by atoms with E-state index < -0.39 is 5.41 Å². The third kappa shape index (κ3) is 10.3. The molecule has 0 amide bonds. The van der Waals surface area contributed by atoms with Crippen LogP contribution in [0.1, 0.15) is 55.5 Å². The summed E-state index contributed by atoms with van der Waals surface area (Å²) in [7, 11) is 0. The minimum Gasteiger partial charge on any atom is -0.245 e. The summed E-state index contributed by atoms with van der Waals surface area (Å²) in [6, 6.07) is 54.4. The second-order valence-electron chi connectivity index (χ2n) is 14.2. The lowest BCUT2D eigenvalue weighted by Crippen LogP contribution is -2.29. The number of rotatable bonds is 11. The Morgan fingerprint density at radius 1 is 0.600 bits per heavy atom. The van der Waals surface area contributed by atoms with Crippen molar-refractivity contribution in [1.29, 1.82) is 0 Å². The summed E-state index contributed by atoms with van der Waals surface area (Å²) in [6.45, 7) is 22.8. The fourth-order valence-corrected chi connectivity index (χ4v) is 7.57. The van der Waals surface area contributed by atoms with E-state index in [0.29, 0.717) is 5.84 Å². The number of aryl methyl sites for hydroxylation is 1. The topological polar surface area (TPSA) is 24.7 Å². The van der Waals surface area contributed by atoms with Crippen molar-refractivity contribution in [2.24, 2.45) is 9.98 Å². The number of aliphatic imine (C=N–C) groups is 2. The molecule has 0 aromatic heterocycles. The number of hydrogen-bond donors (Lipinski definition) is 0. The van der Waals surface area contributed by atoms with Gasteiger partial charge in [0.15, 0.2) is 5.84 Å². The van der Waals surface area contributed by atoms with E-state index in [1.54, 1.807) is 6.08 Å². The van der Waals surface area contributed by atoms with Crippen LogP contribution >= 0.6 is 0 Å². The van der Waals surface area contributed by atoms with E-state index in [4.69, 9.17) is 0 Å². The second-order valence-corrected chi connectivity index (χ2v) is 14.2. The molecule has 0 saturated carbocycles. The summed E-state index contributed by atoms with van der Waals surface area (Å²) in [5, 5.41) is 0. The highest BCUT2D eigenvalue weighted by Gasteiger charge is 2.46. The van der Waals surface area contributed by atoms with Crippen LogP contribution in [0.2, 0.25) is 0 Å². The first-order valence-electron chi connectivity index (χ1n) is 20.5. The van der Waals surface area contributed by atoms with Crippen LogP contribution in [0.5, 0.6) is 0 Å². The van der Waals surface area contributed by atoms with Crippen molar-refractivity contribution in [3.8, 4) is 33.4 Å². The molecule has 1 unspecified atom stereocenters. The van der Waals surface area contributed by atoms with E-state index in [2.05, 4.69) is 184 Å². The molecule has 0 aliphatic heterocycles. The third-order valence-electron chi connectivity index (χ3n) is 10.3. The van der Waals surface area contributed by atoms with E-state index >= 15 is 0 Å². The van der Waals surface area contributed by atoms with E-state index in [1.165, 1.54) is 61.2 Å². The van der Waals surface area contributed by atoms with Crippen molar-refractivity contribution < 1.29 is 0 Å². The van der Waals surface area contributed by atoms with Gasteiger partial charge in [-0.1, -0.05) is 221 Å². The van der Waals surface area contributed by atoms with Gasteiger partial charge in [-0.2, -0.15) is 0 Å². The molecule has 1 aliphatic rings. The molecule has 0 fully saturated rings. The van der Waals surface area contributed by atoms with Gasteiger partial charge in [0.1, 0.15) is 0 Å². The molecule has 6 aromatic rings. The first-order chi connectivity index (χ1) is 29.4. The number of benzene rings is 6. The van der Waals surface area contributed by atoms with Crippen molar-refractivity contribution in [1.82, 2.24) is 0 Å². The van der Waals surface area contributed by atoms with Crippen LogP contribution in [0.3, 0.4) is 0 Å². The first kappa shape index (κ1) is 44.0. The fourth-order valence-electron chi connectivity index (χ4n) is 7.57. The molecular weight excluding hydrogens is 725 g/mol. The molecule has 298 valence electrons. The van der Waals surface area contributed by atoms with Crippen LogP contribution in [0.25, 0.3) is 33.4 Å². The van der Waals surface area contributed by atoms with E-state index in [-0.39, 0.29) is 0 Å². The molecule has 0 spiro atoms. The van der Waals surface area contributed by atoms with Crippen molar-refractivity contribution in [2.45, 2.75) is 39.5 Å². The third-order valence-corrected chi connectivity index (χ3v) is 10.3. The lowest BCUT2D eigenvalue weighted by Gasteiger charge is -2.34. The molecule has 0 bridgehead atoms. The molecule has 2 heteroatoms. The van der Waals surface area contributed by atoms with Gasteiger partial charge in [0.05, 0.1) is 5.41 Å². The Morgan fingerprint density at radius 3 is 1.82 bits per heavy atom. The van der Waals surface area contributed by atoms with Crippen LogP contribution in [-0.2, 0) is 11.8 Å². The molecule has 0 heterocycles. The zero-order valence-corrected chi connectivity index (χ0v) is 35.6. The fraction of sp³-hybridized carbons (Fsp3) is 0.103. The van der Waals surface area contributed by atoms with Crippen molar-refractivity contribution in [3.05, 3.63) is 265 Å². The zero-order chi connectivity index (χ0) is 42.7. The van der Waals surface area contributed by atoms with Crippen molar-refractivity contribution in [3.63, 3.8) is 0 Å². The largest absolute Gasteiger partial charge is 0.245 e. The second kappa shape index (κ2) is 22.1. The summed E-state index contributed by atoms with van der Waals surface area (Å²) >= 11 is 0. The van der Waals surface area contributed by atoms with Gasteiger partial charge in [0.2, 0.25) is 0 Å². The van der Waals surface area contributed by atoms with Gasteiger partial charge < -0.3 is 0 Å². The maximum Gasteiger partial charge on any atom is 0.158 e. The molecule has 1 aliphatic carbocycles. The molecule has 0 radical (unpaired) electrons. The minimum absolute atomic E-state index is 0.400. The van der Waals surface area contributed by atoms with Crippen molar-refractivity contribution in [2.75, 3.05) is 0 Å². The SMILES string of the molecule is C=C/C=C\C(=C/C)C1(c2ccccc2)c2ccccc2-c2cc(-c3cccc(-c4ccc(CC)cc4)c3)ccc21.C=C/C=C\C=C/C.C=NC(=NC(=C)C)c1ccccc1. The van der Waals surface area contributed by atoms with Crippen LogP contribution in [0.15, 0.2) is 247 Å². The predicted molar refractivity (Wildman–Crippen MR) is 263 cm³/mol. The highest BCUT2D eigenvalue weighted by atomic mass is 14.9. The van der Waals surface area contributed by atoms with Gasteiger partial charge in [-0.05, 0) is 107 Å². The Morgan fingerprint density at radius 2 is 1.20 bits per heavy atom. The van der Waals surface area contributed by atoms with Crippen molar-refractivity contribution >= 4 is 12.6 Å². The van der Waals surface area contributed by atoms with Crippen LogP contribution in [-0.4, -0.2) is 12.6 Å². The van der Waals surface area contributed by atoms with E-state index in [9.17, 15) is 0 Å². The smallest absolute Gasteiger partial charge is 0.158 e. The molecule has 2 nitrogen and oxygen atoms in total. The Bertz CT molecular complexity index is 2540. The summed E-state index contributed by atoms with van der Waals surface area (Å²) in [6.07, 6.45) is 18.9. The highest BCUT2D eigenvalue weighted by Crippen LogP contribution is 2.57. The molecule has 0 saturated heterocycles. The summed E-state index contributed by atoms with van der Waals surface area (Å²) in [4.78, 5) is 8.00. The zero-order valence-electron chi connectivity index (χ0n) is 35.6. The summed E-state index contributed by atoms with van der Waals surface area (Å²) in [5.41, 5.74) is 15.3. The number of allylic oxidation sites excluding steroid dienone is 11. The molecule has 0 N–H and O–H groups in total. The maximum atomic E-state index is 4.16. The highest BCUT2D eigenvalue weighted by molar-refractivity contribution is 6.01. The van der Waals surface area contributed by atoms with Gasteiger partial charge in [-0.3, -0.25) is 0 Å². The molecular formula is C58H56N2. The molecule has 6 aromatic carbocycles. The monoisotopic (exact) mass is 780 g/mol. The van der Waals surface area contributed by atoms with Crippen LogP contribution in [0, 0.1) is 0 Å².